The van der Waals surface area contributed by atoms with Crippen LogP contribution in [0, 0.1) is 5.92 Å². The van der Waals surface area contributed by atoms with Crippen LogP contribution in [0.2, 0.25) is 0 Å². The maximum atomic E-state index is 12.6. The van der Waals surface area contributed by atoms with Gasteiger partial charge in [-0.15, -0.1) is 0 Å². The summed E-state index contributed by atoms with van der Waals surface area (Å²) in [7, 11) is 0. The Balaban J connectivity index is 1.43. The highest BCUT2D eigenvalue weighted by atomic mass is 16.2. The molecule has 2 aromatic rings. The lowest BCUT2D eigenvalue weighted by molar-refractivity contribution is -0.117. The molecular weight excluding hydrogens is 326 g/mol. The Labute approximate surface area is 153 Å². The molecule has 5 heteroatoms. The van der Waals surface area contributed by atoms with E-state index in [-0.39, 0.29) is 23.8 Å². The van der Waals surface area contributed by atoms with Gasteiger partial charge in [0.05, 0.1) is 6.04 Å². The van der Waals surface area contributed by atoms with Gasteiger partial charge in [0.2, 0.25) is 5.91 Å². The summed E-state index contributed by atoms with van der Waals surface area (Å²) in [6.07, 6.45) is 4.91. The number of hydrogen-bond acceptors (Lipinski definition) is 3. The quantitative estimate of drug-likeness (QED) is 0.740. The fourth-order valence-corrected chi connectivity index (χ4v) is 3.52. The molecule has 2 aliphatic rings. The maximum Gasteiger partial charge on any atom is 0.251 e. The first kappa shape index (κ1) is 16.6. The van der Waals surface area contributed by atoms with Crippen molar-refractivity contribution in [1.29, 1.82) is 0 Å². The van der Waals surface area contributed by atoms with E-state index in [1.54, 1.807) is 24.3 Å². The van der Waals surface area contributed by atoms with Crippen molar-refractivity contribution in [3.63, 3.8) is 0 Å². The van der Waals surface area contributed by atoms with E-state index in [0.717, 1.165) is 49.0 Å². The Morgan fingerprint density at radius 2 is 1.77 bits per heavy atom. The van der Waals surface area contributed by atoms with Crippen LogP contribution in [-0.4, -0.2) is 11.8 Å². The van der Waals surface area contributed by atoms with Crippen LogP contribution in [0.4, 0.5) is 11.4 Å². The second kappa shape index (κ2) is 6.83. The van der Waals surface area contributed by atoms with Gasteiger partial charge in [-0.1, -0.05) is 6.07 Å². The summed E-state index contributed by atoms with van der Waals surface area (Å²) in [5.41, 5.74) is 10.3. The second-order valence-corrected chi connectivity index (χ2v) is 7.22. The molecule has 0 aliphatic heterocycles. The van der Waals surface area contributed by atoms with Crippen LogP contribution >= 0.6 is 0 Å². The number of benzene rings is 2. The predicted octanol–water partition coefficient (Wildman–Crippen LogP) is 3.42. The molecule has 0 radical (unpaired) electrons. The molecule has 1 unspecified atom stereocenters. The number of nitrogens with one attached hydrogen (secondary N) is 2. The smallest absolute Gasteiger partial charge is 0.251 e. The van der Waals surface area contributed by atoms with Crippen molar-refractivity contribution in [1.82, 2.24) is 5.32 Å². The molecular formula is C21H23N3O2. The first-order valence-corrected chi connectivity index (χ1v) is 9.20. The molecule has 0 heterocycles. The van der Waals surface area contributed by atoms with Crippen molar-refractivity contribution in [2.75, 3.05) is 11.1 Å². The average molecular weight is 349 g/mol. The van der Waals surface area contributed by atoms with Crippen LogP contribution < -0.4 is 16.4 Å². The van der Waals surface area contributed by atoms with Crippen LogP contribution in [0.25, 0.3) is 0 Å². The molecule has 26 heavy (non-hydrogen) atoms. The number of hydrogen-bond donors (Lipinski definition) is 3. The second-order valence-electron chi connectivity index (χ2n) is 7.22. The highest BCUT2D eigenvalue weighted by Gasteiger charge is 2.29. The Hall–Kier alpha value is -2.82. The molecule has 134 valence electrons. The Kier molecular flexibility index (Phi) is 4.37. The molecule has 2 aliphatic carbocycles. The molecule has 1 fully saturated rings. The molecule has 0 spiro atoms. The number of aryl methyl sites for hydroxylation is 1. The molecule has 4 N–H and O–H groups in total. The summed E-state index contributed by atoms with van der Waals surface area (Å²) in [4.78, 5) is 24.4. The molecule has 2 amide bonds. The fourth-order valence-electron chi connectivity index (χ4n) is 3.52. The summed E-state index contributed by atoms with van der Waals surface area (Å²) in [6, 6.07) is 13.0. The van der Waals surface area contributed by atoms with Gasteiger partial charge in [0.1, 0.15) is 0 Å². The zero-order chi connectivity index (χ0) is 18.1. The number of anilines is 2. The summed E-state index contributed by atoms with van der Waals surface area (Å²) < 4.78 is 0. The first-order valence-electron chi connectivity index (χ1n) is 9.20. The predicted molar refractivity (Wildman–Crippen MR) is 102 cm³/mol. The van der Waals surface area contributed by atoms with Crippen molar-refractivity contribution < 1.29 is 9.59 Å². The number of nitrogens with two attached hydrogens (primary N) is 1. The topological polar surface area (TPSA) is 84.2 Å². The van der Waals surface area contributed by atoms with Gasteiger partial charge >= 0.3 is 0 Å². The molecule has 0 aromatic heterocycles. The Morgan fingerprint density at radius 3 is 2.50 bits per heavy atom. The molecule has 1 atom stereocenters. The Morgan fingerprint density at radius 1 is 1.00 bits per heavy atom. The largest absolute Gasteiger partial charge is 0.399 e. The van der Waals surface area contributed by atoms with Crippen molar-refractivity contribution >= 4 is 23.2 Å². The lowest BCUT2D eigenvalue weighted by Crippen LogP contribution is -2.31. The van der Waals surface area contributed by atoms with Gasteiger partial charge in [0.15, 0.2) is 0 Å². The molecule has 0 saturated heterocycles. The van der Waals surface area contributed by atoms with E-state index in [1.165, 1.54) is 5.56 Å². The third-order valence-corrected chi connectivity index (χ3v) is 5.15. The normalized spacial score (nSPS) is 18.7. The van der Waals surface area contributed by atoms with Crippen LogP contribution in [0.3, 0.4) is 0 Å². The number of carbonyl (C=O) groups excluding carboxylic acids is 2. The minimum Gasteiger partial charge on any atom is -0.399 e. The van der Waals surface area contributed by atoms with Gasteiger partial charge < -0.3 is 16.4 Å². The zero-order valence-corrected chi connectivity index (χ0v) is 14.6. The van der Waals surface area contributed by atoms with Gasteiger partial charge in [-0.05, 0) is 79.6 Å². The lowest BCUT2D eigenvalue weighted by Gasteiger charge is -2.26. The standard InChI is InChI=1S/C21H23N3O2/c22-16-8-11-18-15(12-16)2-1-3-19(18)24-21(26)14-6-9-17(10-7-14)23-20(25)13-4-5-13/h6-13,19H,1-5,22H2,(H,23,25)(H,24,26). The highest BCUT2D eigenvalue weighted by Crippen LogP contribution is 2.32. The van der Waals surface area contributed by atoms with Crippen molar-refractivity contribution in [2.45, 2.75) is 38.1 Å². The molecule has 0 bridgehead atoms. The van der Waals surface area contributed by atoms with Gasteiger partial charge in [-0.3, -0.25) is 9.59 Å². The summed E-state index contributed by atoms with van der Waals surface area (Å²) in [5, 5.41) is 6.02. The highest BCUT2D eigenvalue weighted by molar-refractivity contribution is 5.97. The van der Waals surface area contributed by atoms with Crippen molar-refractivity contribution in [2.24, 2.45) is 5.92 Å². The van der Waals surface area contributed by atoms with Crippen LogP contribution in [0.5, 0.6) is 0 Å². The SMILES string of the molecule is Nc1ccc2c(c1)CCCC2NC(=O)c1ccc(NC(=O)C2CC2)cc1. The minimum absolute atomic E-state index is 0.0149. The van der Waals surface area contributed by atoms with E-state index in [1.807, 2.05) is 18.2 Å². The van der Waals surface area contributed by atoms with E-state index in [9.17, 15) is 9.59 Å². The van der Waals surface area contributed by atoms with E-state index < -0.39 is 0 Å². The van der Waals surface area contributed by atoms with Crippen molar-refractivity contribution in [3.05, 3.63) is 59.2 Å². The molecule has 5 nitrogen and oxygen atoms in total. The van der Waals surface area contributed by atoms with Crippen LogP contribution in [-0.2, 0) is 11.2 Å². The molecule has 2 aromatic carbocycles. The van der Waals surface area contributed by atoms with Crippen molar-refractivity contribution in [3.8, 4) is 0 Å². The van der Waals surface area contributed by atoms with E-state index in [2.05, 4.69) is 10.6 Å². The third kappa shape index (κ3) is 3.57. The zero-order valence-electron chi connectivity index (χ0n) is 14.6. The third-order valence-electron chi connectivity index (χ3n) is 5.15. The van der Waals surface area contributed by atoms with E-state index in [4.69, 9.17) is 5.73 Å². The average Bonchev–Trinajstić information content (AvgIpc) is 3.47. The number of fused-ring (bicyclic) bond motifs is 1. The summed E-state index contributed by atoms with van der Waals surface area (Å²) >= 11 is 0. The van der Waals surface area contributed by atoms with Gasteiger partial charge in [0, 0.05) is 22.9 Å². The number of carbonyl (C=O) groups is 2. The van der Waals surface area contributed by atoms with E-state index >= 15 is 0 Å². The first-order chi connectivity index (χ1) is 12.6. The Bertz CT molecular complexity index is 841. The van der Waals surface area contributed by atoms with Gasteiger partial charge in [-0.2, -0.15) is 0 Å². The maximum absolute atomic E-state index is 12.6. The van der Waals surface area contributed by atoms with Crippen LogP contribution in [0.1, 0.15) is 53.2 Å². The monoisotopic (exact) mass is 349 g/mol. The van der Waals surface area contributed by atoms with Gasteiger partial charge in [-0.25, -0.2) is 0 Å². The number of amides is 2. The lowest BCUT2D eigenvalue weighted by atomic mass is 9.87. The molecule has 1 saturated carbocycles. The molecule has 4 rings (SSSR count). The minimum atomic E-state index is -0.0975. The van der Waals surface area contributed by atoms with Gasteiger partial charge in [0.25, 0.3) is 5.91 Å². The summed E-state index contributed by atoms with van der Waals surface area (Å²) in [6.45, 7) is 0. The summed E-state index contributed by atoms with van der Waals surface area (Å²) in [5.74, 6) is 0.137. The number of nitrogen functional groups attached to an aromatic ring is 1. The number of rotatable bonds is 4. The van der Waals surface area contributed by atoms with Crippen LogP contribution in [0.15, 0.2) is 42.5 Å². The van der Waals surface area contributed by atoms with E-state index in [0.29, 0.717) is 5.56 Å². The fraction of sp³-hybridized carbons (Fsp3) is 0.333.